The summed E-state index contributed by atoms with van der Waals surface area (Å²) in [6, 6.07) is 57.3. The summed E-state index contributed by atoms with van der Waals surface area (Å²) in [6.07, 6.45) is 0. The van der Waals surface area contributed by atoms with Gasteiger partial charge < -0.3 is 23.8 Å². The molecule has 2 aliphatic rings. The van der Waals surface area contributed by atoms with Crippen molar-refractivity contribution in [2.75, 3.05) is 9.80 Å². The second-order valence-electron chi connectivity index (χ2n) is 16.7. The van der Waals surface area contributed by atoms with E-state index >= 15 is 0 Å². The number of ether oxygens (including phenoxy) is 2. The van der Waals surface area contributed by atoms with Crippen LogP contribution in [0.5, 0.6) is 23.0 Å². The largest absolute Gasteiger partial charge is 0.458 e. The molecule has 11 rings (SSSR count). The maximum Gasteiger partial charge on any atom is 0.260 e. The van der Waals surface area contributed by atoms with Gasteiger partial charge in [-0.2, -0.15) is 0 Å². The molecule has 0 fully saturated rings. The first-order valence-corrected chi connectivity index (χ1v) is 20.8. The second kappa shape index (κ2) is 13.7. The first kappa shape index (κ1) is 35.9. The van der Waals surface area contributed by atoms with Gasteiger partial charge in [-0.05, 0) is 106 Å². The van der Waals surface area contributed by atoms with Gasteiger partial charge in [0.2, 0.25) is 0 Å². The first-order chi connectivity index (χ1) is 29.2. The highest BCUT2D eigenvalue weighted by atomic mass is 16.5. The normalized spacial score (nSPS) is 12.4. The number of para-hydroxylation sites is 1. The highest BCUT2D eigenvalue weighted by Crippen LogP contribution is 2.51. The highest BCUT2D eigenvalue weighted by Gasteiger charge is 2.43. The third-order valence-electron chi connectivity index (χ3n) is 12.4. The molecule has 1 aromatic heterocycles. The van der Waals surface area contributed by atoms with Crippen LogP contribution in [0.25, 0.3) is 21.8 Å². The second-order valence-corrected chi connectivity index (χ2v) is 16.7. The molecule has 3 heterocycles. The van der Waals surface area contributed by atoms with Gasteiger partial charge in [0.25, 0.3) is 6.71 Å². The minimum absolute atomic E-state index is 0.149. The Kier molecular flexibility index (Phi) is 8.21. The topological polar surface area (TPSA) is 29.9 Å². The van der Waals surface area contributed by atoms with E-state index in [-0.39, 0.29) is 6.71 Å². The van der Waals surface area contributed by atoms with Crippen LogP contribution in [0.4, 0.5) is 34.1 Å². The molecule has 0 aliphatic carbocycles. The zero-order chi connectivity index (χ0) is 40.8. The van der Waals surface area contributed by atoms with E-state index < -0.39 is 0 Å². The number of aromatic nitrogens is 1. The Morgan fingerprint density at radius 1 is 0.433 bits per heavy atom. The molecular weight excluding hydrogens is 733 g/mol. The van der Waals surface area contributed by atoms with Crippen LogP contribution in [-0.4, -0.2) is 11.3 Å². The van der Waals surface area contributed by atoms with Crippen molar-refractivity contribution in [3.8, 4) is 23.0 Å². The molecule has 8 aromatic carbocycles. The molecule has 290 valence electrons. The van der Waals surface area contributed by atoms with Gasteiger partial charge in [0.15, 0.2) is 0 Å². The molecule has 0 amide bonds. The van der Waals surface area contributed by atoms with Crippen LogP contribution in [0.15, 0.2) is 158 Å². The Morgan fingerprint density at radius 3 is 1.50 bits per heavy atom. The molecule has 0 atom stereocenters. The van der Waals surface area contributed by atoms with E-state index in [2.05, 4.69) is 214 Å². The summed E-state index contributed by atoms with van der Waals surface area (Å²) in [4.78, 5) is 4.70. The molecule has 0 unspecified atom stereocenters. The monoisotopic (exact) mass is 777 g/mol. The van der Waals surface area contributed by atoms with Crippen LogP contribution in [0.3, 0.4) is 0 Å². The van der Waals surface area contributed by atoms with E-state index in [1.807, 2.05) is 0 Å². The Labute approximate surface area is 351 Å². The summed E-state index contributed by atoms with van der Waals surface area (Å²) in [5, 5.41) is 2.39. The number of hydrogen-bond acceptors (Lipinski definition) is 4. The van der Waals surface area contributed by atoms with E-state index in [0.29, 0.717) is 0 Å². The molecular formula is C54H44BN3O2. The van der Waals surface area contributed by atoms with Gasteiger partial charge in [-0.25, -0.2) is 0 Å². The summed E-state index contributed by atoms with van der Waals surface area (Å²) in [5.41, 5.74) is 17.8. The van der Waals surface area contributed by atoms with E-state index in [0.717, 1.165) is 79.0 Å². The molecule has 0 saturated carbocycles. The van der Waals surface area contributed by atoms with Gasteiger partial charge in [0, 0.05) is 63.7 Å². The number of anilines is 6. The number of nitrogens with zero attached hydrogens (tertiary/aromatic N) is 3. The lowest BCUT2D eigenvalue weighted by atomic mass is 9.34. The van der Waals surface area contributed by atoms with Crippen molar-refractivity contribution in [3.63, 3.8) is 0 Å². The van der Waals surface area contributed by atoms with Crippen molar-refractivity contribution >= 4 is 79.0 Å². The molecule has 0 spiro atoms. The van der Waals surface area contributed by atoms with Crippen molar-refractivity contribution in [3.05, 3.63) is 186 Å². The SMILES string of the molecule is Cc1ccc(N(c2ccc(C)cc2)c2cc3c4c(c2)Oc2c(cc5c6ccccc6n(C)c5c2N(c2ccc(C)cc2)c2ccc(C)cc2)B4c2cc(C)ccc2O3)cc1. The van der Waals surface area contributed by atoms with Gasteiger partial charge in [0.1, 0.15) is 28.7 Å². The summed E-state index contributed by atoms with van der Waals surface area (Å²) in [7, 11) is 2.18. The molecule has 0 radical (unpaired) electrons. The molecule has 9 aromatic rings. The quantitative estimate of drug-likeness (QED) is 0.157. The smallest absolute Gasteiger partial charge is 0.260 e. The summed E-state index contributed by atoms with van der Waals surface area (Å²) >= 11 is 0. The third kappa shape index (κ3) is 5.70. The highest BCUT2D eigenvalue weighted by molar-refractivity contribution is 6.98. The van der Waals surface area contributed by atoms with Crippen molar-refractivity contribution in [1.29, 1.82) is 0 Å². The zero-order valence-corrected chi connectivity index (χ0v) is 34.7. The summed E-state index contributed by atoms with van der Waals surface area (Å²) in [5.74, 6) is 3.28. The average molecular weight is 778 g/mol. The van der Waals surface area contributed by atoms with Crippen LogP contribution in [0.1, 0.15) is 27.8 Å². The van der Waals surface area contributed by atoms with Crippen LogP contribution in [-0.2, 0) is 7.05 Å². The molecule has 5 nitrogen and oxygen atoms in total. The molecule has 2 aliphatic heterocycles. The molecule has 6 heteroatoms. The first-order valence-electron chi connectivity index (χ1n) is 20.8. The number of hydrogen-bond donors (Lipinski definition) is 0. The Balaban J connectivity index is 1.25. The van der Waals surface area contributed by atoms with Crippen LogP contribution < -0.4 is 35.7 Å². The van der Waals surface area contributed by atoms with Crippen molar-refractivity contribution < 1.29 is 9.47 Å². The predicted molar refractivity (Wildman–Crippen MR) is 251 cm³/mol. The van der Waals surface area contributed by atoms with Crippen LogP contribution in [0, 0.1) is 34.6 Å². The lowest BCUT2D eigenvalue weighted by Gasteiger charge is -2.37. The molecule has 0 saturated heterocycles. The van der Waals surface area contributed by atoms with Crippen molar-refractivity contribution in [2.24, 2.45) is 7.05 Å². The fourth-order valence-corrected chi connectivity index (χ4v) is 9.34. The zero-order valence-electron chi connectivity index (χ0n) is 34.7. The summed E-state index contributed by atoms with van der Waals surface area (Å²) in [6.45, 7) is 10.6. The van der Waals surface area contributed by atoms with E-state index in [4.69, 9.17) is 9.47 Å². The van der Waals surface area contributed by atoms with E-state index in [1.165, 1.54) is 44.1 Å². The summed E-state index contributed by atoms with van der Waals surface area (Å²) < 4.78 is 16.9. The predicted octanol–water partition coefficient (Wildman–Crippen LogP) is 12.5. The van der Waals surface area contributed by atoms with Crippen LogP contribution in [0.2, 0.25) is 0 Å². The maximum atomic E-state index is 7.57. The Hall–Kier alpha value is -7.18. The van der Waals surface area contributed by atoms with Crippen LogP contribution >= 0.6 is 0 Å². The van der Waals surface area contributed by atoms with Gasteiger partial charge in [-0.3, -0.25) is 0 Å². The van der Waals surface area contributed by atoms with E-state index in [1.54, 1.807) is 0 Å². The lowest BCUT2D eigenvalue weighted by molar-refractivity contribution is 0.465. The van der Waals surface area contributed by atoms with Crippen molar-refractivity contribution in [2.45, 2.75) is 34.6 Å². The lowest BCUT2D eigenvalue weighted by Crippen LogP contribution is -2.57. The number of rotatable bonds is 6. The van der Waals surface area contributed by atoms with Gasteiger partial charge >= 0.3 is 0 Å². The van der Waals surface area contributed by atoms with Gasteiger partial charge in [-0.1, -0.05) is 113 Å². The Morgan fingerprint density at radius 2 is 0.933 bits per heavy atom. The maximum absolute atomic E-state index is 7.57. The molecule has 60 heavy (non-hydrogen) atoms. The van der Waals surface area contributed by atoms with E-state index in [9.17, 15) is 0 Å². The molecule has 0 bridgehead atoms. The standard InChI is InChI=1S/C54H44BN3O2/c1-33-11-20-38(21-12-33)57(39-22-13-34(2)14-23-39)42-30-49-51-50(31-42)60-54-46(55(51)45-29-37(5)19-28-48(45)59-49)32-44-43-9-7-8-10-47(43)56(6)52(44)53(54)58(40-24-15-35(3)16-25-40)41-26-17-36(4)18-27-41/h7-32H,1-6H3. The third-order valence-corrected chi connectivity index (χ3v) is 12.4. The van der Waals surface area contributed by atoms with Gasteiger partial charge in [-0.15, -0.1) is 0 Å². The van der Waals surface area contributed by atoms with Gasteiger partial charge in [0.05, 0.1) is 11.2 Å². The minimum Gasteiger partial charge on any atom is -0.458 e. The number of aryl methyl sites for hydroxylation is 6. The fourth-order valence-electron chi connectivity index (χ4n) is 9.34. The Bertz CT molecular complexity index is 3060. The molecule has 0 N–H and O–H groups in total. The number of benzene rings is 8. The number of fused-ring (bicyclic) bond motifs is 7. The minimum atomic E-state index is -0.149. The average Bonchev–Trinajstić information content (AvgIpc) is 3.54. The fraction of sp³-hybridized carbons (Fsp3) is 0.111. The van der Waals surface area contributed by atoms with Crippen molar-refractivity contribution in [1.82, 2.24) is 4.57 Å².